The monoisotopic (exact) mass is 288 g/mol. The molecular formula is C17H24N2O2. The van der Waals surface area contributed by atoms with Crippen molar-refractivity contribution in [1.29, 1.82) is 0 Å². The van der Waals surface area contributed by atoms with E-state index in [9.17, 15) is 9.59 Å². The van der Waals surface area contributed by atoms with Gasteiger partial charge in [0.15, 0.2) is 0 Å². The molecule has 0 aromatic heterocycles. The Labute approximate surface area is 126 Å². The Bertz CT molecular complexity index is 533. The van der Waals surface area contributed by atoms with E-state index in [0.717, 1.165) is 12.0 Å². The van der Waals surface area contributed by atoms with Crippen LogP contribution in [0.1, 0.15) is 37.0 Å². The molecule has 1 fully saturated rings. The van der Waals surface area contributed by atoms with Crippen LogP contribution in [-0.4, -0.2) is 40.7 Å². The Balaban J connectivity index is 2.16. The first-order chi connectivity index (χ1) is 9.92. The molecule has 0 spiro atoms. The van der Waals surface area contributed by atoms with Gasteiger partial charge in [0.2, 0.25) is 11.8 Å². The Hall–Kier alpha value is -1.84. The van der Waals surface area contributed by atoms with Crippen LogP contribution < -0.4 is 0 Å². The molecule has 2 amide bonds. The van der Waals surface area contributed by atoms with Crippen LogP contribution in [0.25, 0.3) is 0 Å². The van der Waals surface area contributed by atoms with Gasteiger partial charge in [0.05, 0.1) is 6.54 Å². The SMILES string of the molecule is CCCN1CC(=O)N(Cc2cc(C)cc(C)c2)[C@H](C)C1=O. The molecule has 1 aliphatic rings. The fourth-order valence-corrected chi connectivity index (χ4v) is 2.99. The standard InChI is InChI=1S/C17H24N2O2/c1-5-6-18-11-16(20)19(14(4)17(18)21)10-15-8-12(2)7-13(3)9-15/h7-9,14H,5-6,10-11H2,1-4H3/t14-/m1/s1. The Morgan fingerprint density at radius 2 is 1.76 bits per heavy atom. The van der Waals surface area contributed by atoms with Gasteiger partial charge in [-0.25, -0.2) is 0 Å². The molecule has 0 unspecified atom stereocenters. The highest BCUT2D eigenvalue weighted by Crippen LogP contribution is 2.18. The van der Waals surface area contributed by atoms with Crippen molar-refractivity contribution in [1.82, 2.24) is 9.80 Å². The third kappa shape index (κ3) is 3.43. The van der Waals surface area contributed by atoms with E-state index >= 15 is 0 Å². The van der Waals surface area contributed by atoms with Crippen molar-refractivity contribution in [2.24, 2.45) is 0 Å². The zero-order valence-corrected chi connectivity index (χ0v) is 13.3. The van der Waals surface area contributed by atoms with Crippen LogP contribution >= 0.6 is 0 Å². The normalized spacial score (nSPS) is 19.3. The van der Waals surface area contributed by atoms with E-state index in [-0.39, 0.29) is 24.4 Å². The quantitative estimate of drug-likeness (QED) is 0.853. The van der Waals surface area contributed by atoms with Crippen molar-refractivity contribution in [3.8, 4) is 0 Å². The van der Waals surface area contributed by atoms with Gasteiger partial charge in [-0.1, -0.05) is 36.2 Å². The number of carbonyl (C=O) groups is 2. The number of nitrogens with zero attached hydrogens (tertiary/aromatic N) is 2. The maximum atomic E-state index is 12.3. The highest BCUT2D eigenvalue weighted by Gasteiger charge is 2.35. The van der Waals surface area contributed by atoms with E-state index in [4.69, 9.17) is 0 Å². The van der Waals surface area contributed by atoms with Gasteiger partial charge < -0.3 is 9.80 Å². The fraction of sp³-hybridized carbons (Fsp3) is 0.529. The van der Waals surface area contributed by atoms with Crippen molar-refractivity contribution in [2.75, 3.05) is 13.1 Å². The minimum atomic E-state index is -0.376. The molecule has 0 N–H and O–H groups in total. The Morgan fingerprint density at radius 3 is 2.33 bits per heavy atom. The zero-order chi connectivity index (χ0) is 15.6. The van der Waals surface area contributed by atoms with Gasteiger partial charge >= 0.3 is 0 Å². The molecule has 4 nitrogen and oxygen atoms in total. The number of carbonyl (C=O) groups excluding carboxylic acids is 2. The van der Waals surface area contributed by atoms with Crippen molar-refractivity contribution in [3.63, 3.8) is 0 Å². The second-order valence-electron chi connectivity index (χ2n) is 5.95. The molecular weight excluding hydrogens is 264 g/mol. The van der Waals surface area contributed by atoms with Crippen molar-refractivity contribution in [2.45, 2.75) is 46.7 Å². The van der Waals surface area contributed by atoms with Gasteiger partial charge in [-0.15, -0.1) is 0 Å². The number of benzene rings is 1. The smallest absolute Gasteiger partial charge is 0.245 e. The summed E-state index contributed by atoms with van der Waals surface area (Å²) in [5.41, 5.74) is 3.45. The molecule has 21 heavy (non-hydrogen) atoms. The molecule has 114 valence electrons. The van der Waals surface area contributed by atoms with Gasteiger partial charge in [0, 0.05) is 13.1 Å². The highest BCUT2D eigenvalue weighted by molar-refractivity contribution is 5.94. The predicted molar refractivity (Wildman–Crippen MR) is 82.8 cm³/mol. The van der Waals surface area contributed by atoms with Crippen LogP contribution in [0.3, 0.4) is 0 Å². The minimum absolute atomic E-state index is 0.0368. The summed E-state index contributed by atoms with van der Waals surface area (Å²) in [7, 11) is 0. The van der Waals surface area contributed by atoms with Gasteiger partial charge in [-0.05, 0) is 32.8 Å². The third-order valence-electron chi connectivity index (χ3n) is 3.91. The van der Waals surface area contributed by atoms with Crippen LogP contribution in [0, 0.1) is 13.8 Å². The average Bonchev–Trinajstić information content (AvgIpc) is 2.40. The minimum Gasteiger partial charge on any atom is -0.332 e. The molecule has 1 atom stereocenters. The molecule has 0 bridgehead atoms. The first-order valence-electron chi connectivity index (χ1n) is 7.57. The lowest BCUT2D eigenvalue weighted by Crippen LogP contribution is -2.58. The van der Waals surface area contributed by atoms with Crippen molar-refractivity contribution in [3.05, 3.63) is 34.9 Å². The van der Waals surface area contributed by atoms with E-state index in [1.807, 2.05) is 27.7 Å². The Kier molecular flexibility index (Phi) is 4.66. The molecule has 1 heterocycles. The fourth-order valence-electron chi connectivity index (χ4n) is 2.99. The van der Waals surface area contributed by atoms with Crippen LogP contribution in [0.15, 0.2) is 18.2 Å². The Morgan fingerprint density at radius 1 is 1.14 bits per heavy atom. The van der Waals surface area contributed by atoms with Crippen LogP contribution in [0.4, 0.5) is 0 Å². The van der Waals surface area contributed by atoms with Gasteiger partial charge in [-0.2, -0.15) is 0 Å². The van der Waals surface area contributed by atoms with Crippen LogP contribution in [0.2, 0.25) is 0 Å². The topological polar surface area (TPSA) is 40.6 Å². The molecule has 4 heteroatoms. The summed E-state index contributed by atoms with van der Waals surface area (Å²) in [5.74, 6) is 0.0931. The third-order valence-corrected chi connectivity index (χ3v) is 3.91. The number of amides is 2. The largest absolute Gasteiger partial charge is 0.332 e. The lowest BCUT2D eigenvalue weighted by Gasteiger charge is -2.38. The molecule has 1 aliphatic heterocycles. The lowest BCUT2D eigenvalue weighted by atomic mass is 10.1. The molecule has 0 radical (unpaired) electrons. The molecule has 0 saturated carbocycles. The number of hydrogen-bond acceptors (Lipinski definition) is 2. The average molecular weight is 288 g/mol. The van der Waals surface area contributed by atoms with Crippen LogP contribution in [0.5, 0.6) is 0 Å². The molecule has 2 rings (SSSR count). The maximum Gasteiger partial charge on any atom is 0.245 e. The summed E-state index contributed by atoms with van der Waals surface area (Å²) in [6, 6.07) is 5.89. The zero-order valence-electron chi connectivity index (χ0n) is 13.3. The molecule has 1 saturated heterocycles. The summed E-state index contributed by atoms with van der Waals surface area (Å²) in [4.78, 5) is 28.0. The van der Waals surface area contributed by atoms with Gasteiger partial charge in [0.25, 0.3) is 0 Å². The van der Waals surface area contributed by atoms with E-state index in [0.29, 0.717) is 13.1 Å². The summed E-state index contributed by atoms with van der Waals surface area (Å²) < 4.78 is 0. The van der Waals surface area contributed by atoms with Crippen molar-refractivity contribution < 1.29 is 9.59 Å². The van der Waals surface area contributed by atoms with Crippen molar-refractivity contribution >= 4 is 11.8 Å². The lowest BCUT2D eigenvalue weighted by molar-refractivity contribution is -0.155. The number of aryl methyl sites for hydroxylation is 2. The summed E-state index contributed by atoms with van der Waals surface area (Å²) in [6.07, 6.45) is 0.878. The van der Waals surface area contributed by atoms with Gasteiger partial charge in [-0.3, -0.25) is 9.59 Å². The number of piperazine rings is 1. The first kappa shape index (κ1) is 15.5. The number of rotatable bonds is 4. The highest BCUT2D eigenvalue weighted by atomic mass is 16.2. The molecule has 0 aliphatic carbocycles. The molecule has 1 aromatic carbocycles. The van der Waals surface area contributed by atoms with E-state index in [2.05, 4.69) is 18.2 Å². The first-order valence-corrected chi connectivity index (χ1v) is 7.57. The maximum absolute atomic E-state index is 12.3. The molecule has 1 aromatic rings. The van der Waals surface area contributed by atoms with E-state index in [1.165, 1.54) is 11.1 Å². The number of hydrogen-bond donors (Lipinski definition) is 0. The second kappa shape index (κ2) is 6.29. The summed E-state index contributed by atoms with van der Waals surface area (Å²) >= 11 is 0. The predicted octanol–water partition coefficient (Wildman–Crippen LogP) is 2.27. The summed E-state index contributed by atoms with van der Waals surface area (Å²) in [5, 5.41) is 0. The van der Waals surface area contributed by atoms with E-state index < -0.39 is 0 Å². The summed E-state index contributed by atoms with van der Waals surface area (Å²) in [6.45, 7) is 9.32. The second-order valence-corrected chi connectivity index (χ2v) is 5.95. The van der Waals surface area contributed by atoms with Crippen LogP contribution in [-0.2, 0) is 16.1 Å². The van der Waals surface area contributed by atoms with E-state index in [1.54, 1.807) is 9.80 Å². The van der Waals surface area contributed by atoms with Gasteiger partial charge in [0.1, 0.15) is 6.04 Å².